The number of benzene rings is 9. The van der Waals surface area contributed by atoms with Crippen LogP contribution in [0.5, 0.6) is 0 Å². The highest BCUT2D eigenvalue weighted by Crippen LogP contribution is 2.41. The van der Waals surface area contributed by atoms with E-state index in [-0.39, 0.29) is 0 Å². The maximum absolute atomic E-state index is 5.19. The summed E-state index contributed by atoms with van der Waals surface area (Å²) in [7, 11) is 0. The molecule has 0 aliphatic rings. The molecule has 0 amide bonds. The summed E-state index contributed by atoms with van der Waals surface area (Å²) >= 11 is 1.88. The van der Waals surface area contributed by atoms with Crippen LogP contribution in [0.3, 0.4) is 0 Å². The third-order valence-corrected chi connectivity index (χ3v) is 12.2. The summed E-state index contributed by atoms with van der Waals surface area (Å²) in [6.07, 6.45) is 1.91. The summed E-state index contributed by atoms with van der Waals surface area (Å²) in [5, 5.41) is 7.32. The first-order valence-corrected chi connectivity index (χ1v) is 19.5. The van der Waals surface area contributed by atoms with Crippen molar-refractivity contribution in [2.75, 3.05) is 0 Å². The Morgan fingerprint density at radius 2 is 0.800 bits per heavy atom. The monoisotopic (exact) mass is 716 g/mol. The normalized spacial score (nSPS) is 11.6. The second kappa shape index (κ2) is 12.9. The third kappa shape index (κ3) is 5.40. The molecule has 0 aliphatic carbocycles. The van der Waals surface area contributed by atoms with E-state index in [1.54, 1.807) is 0 Å². The average Bonchev–Trinajstić information content (AvgIpc) is 3.66. The van der Waals surface area contributed by atoms with Crippen molar-refractivity contribution >= 4 is 64.1 Å². The van der Waals surface area contributed by atoms with Gasteiger partial charge in [-0.25, -0.2) is 4.98 Å². The van der Waals surface area contributed by atoms with E-state index in [0.717, 1.165) is 38.6 Å². The van der Waals surface area contributed by atoms with Crippen molar-refractivity contribution in [3.63, 3.8) is 0 Å². The van der Waals surface area contributed by atoms with Gasteiger partial charge >= 0.3 is 0 Å². The molecule has 0 bridgehead atoms. The SMILES string of the molecule is c1cc(-c2ccc(-c3cccc(-c4cccc5c4sc4ccccc45)c3)cc2)cc(-c2ccc(-c3cnc4c5ccccc5c5ccccc5c4n3)cc2)c1. The summed E-state index contributed by atoms with van der Waals surface area (Å²) < 4.78 is 2.67. The van der Waals surface area contributed by atoms with Gasteiger partial charge in [0.15, 0.2) is 0 Å². The lowest BCUT2D eigenvalue weighted by atomic mass is 9.95. The quantitative estimate of drug-likeness (QED) is 0.166. The van der Waals surface area contributed by atoms with Crippen LogP contribution in [0.1, 0.15) is 0 Å². The molecule has 11 rings (SSSR count). The number of rotatable bonds is 5. The molecule has 0 atom stereocenters. The molecule has 0 aliphatic heterocycles. The molecule has 9 aromatic carbocycles. The van der Waals surface area contributed by atoms with Gasteiger partial charge in [-0.1, -0.05) is 170 Å². The van der Waals surface area contributed by atoms with Gasteiger partial charge in [0, 0.05) is 36.5 Å². The van der Waals surface area contributed by atoms with Crippen LogP contribution in [0, 0.1) is 0 Å². The van der Waals surface area contributed by atoms with Gasteiger partial charge in [-0.15, -0.1) is 11.3 Å². The van der Waals surface area contributed by atoms with E-state index in [0.29, 0.717) is 0 Å². The lowest BCUT2D eigenvalue weighted by molar-refractivity contribution is 1.31. The Bertz CT molecular complexity index is 3210. The van der Waals surface area contributed by atoms with Crippen molar-refractivity contribution in [3.8, 4) is 55.8 Å². The largest absolute Gasteiger partial charge is 0.252 e. The minimum atomic E-state index is 0.871. The number of hydrogen-bond acceptors (Lipinski definition) is 3. The summed E-state index contributed by atoms with van der Waals surface area (Å²) in [5.41, 5.74) is 13.5. The Hall–Kier alpha value is -6.94. The maximum atomic E-state index is 5.19. The molecule has 0 fully saturated rings. The van der Waals surface area contributed by atoms with E-state index < -0.39 is 0 Å². The van der Waals surface area contributed by atoms with E-state index in [1.165, 1.54) is 69.9 Å². The van der Waals surface area contributed by atoms with Crippen molar-refractivity contribution in [1.82, 2.24) is 9.97 Å². The van der Waals surface area contributed by atoms with Gasteiger partial charge < -0.3 is 0 Å². The first kappa shape index (κ1) is 31.6. The standard InChI is InChI=1S/C52H32N2S/c1-3-17-45-42(14-1)43-15-2-4-18-46(43)51-50(45)53-32-48(54-51)36-28-26-35(27-29-36)38-11-7-10-37(30-38)33-22-24-34(25-23-33)39-12-8-13-40(31-39)41-19-9-20-47-44-16-5-6-21-49(44)55-52(41)47/h1-32H. The number of aromatic nitrogens is 2. The Labute approximate surface area is 322 Å². The van der Waals surface area contributed by atoms with Crippen molar-refractivity contribution in [1.29, 1.82) is 0 Å². The molecule has 2 heterocycles. The number of thiophene rings is 1. The smallest absolute Gasteiger partial charge is 0.0979 e. The molecule has 0 saturated heterocycles. The van der Waals surface area contributed by atoms with Crippen LogP contribution in [0.2, 0.25) is 0 Å². The predicted octanol–water partition coefficient (Wildman–Crippen LogP) is 14.6. The summed E-state index contributed by atoms with van der Waals surface area (Å²) in [6, 6.07) is 67.8. The first-order chi connectivity index (χ1) is 27.2. The summed E-state index contributed by atoms with van der Waals surface area (Å²) in [5.74, 6) is 0. The van der Waals surface area contributed by atoms with Gasteiger partial charge in [-0.05, 0) is 73.5 Å². The van der Waals surface area contributed by atoms with Crippen molar-refractivity contribution < 1.29 is 0 Å². The van der Waals surface area contributed by atoms with Crippen LogP contribution >= 0.6 is 11.3 Å². The molecule has 55 heavy (non-hydrogen) atoms. The zero-order valence-electron chi connectivity index (χ0n) is 29.8. The number of fused-ring (bicyclic) bond motifs is 9. The highest BCUT2D eigenvalue weighted by molar-refractivity contribution is 7.26. The first-order valence-electron chi connectivity index (χ1n) is 18.6. The Morgan fingerprint density at radius 3 is 1.44 bits per heavy atom. The minimum Gasteiger partial charge on any atom is -0.252 e. The van der Waals surface area contributed by atoms with Gasteiger partial charge in [-0.3, -0.25) is 4.98 Å². The molecule has 3 heteroatoms. The van der Waals surface area contributed by atoms with Gasteiger partial charge in [0.05, 0.1) is 22.9 Å². The maximum Gasteiger partial charge on any atom is 0.0979 e. The van der Waals surface area contributed by atoms with Gasteiger partial charge in [0.2, 0.25) is 0 Å². The average molecular weight is 717 g/mol. The number of hydrogen-bond donors (Lipinski definition) is 0. The molecule has 0 unspecified atom stereocenters. The lowest BCUT2D eigenvalue weighted by Crippen LogP contribution is -1.92. The van der Waals surface area contributed by atoms with Gasteiger partial charge in [-0.2, -0.15) is 0 Å². The second-order valence-electron chi connectivity index (χ2n) is 14.1. The van der Waals surface area contributed by atoms with E-state index in [4.69, 9.17) is 9.97 Å². The predicted molar refractivity (Wildman–Crippen MR) is 235 cm³/mol. The van der Waals surface area contributed by atoms with Crippen LogP contribution < -0.4 is 0 Å². The number of nitrogens with zero attached hydrogens (tertiary/aromatic N) is 2. The van der Waals surface area contributed by atoms with Crippen LogP contribution in [-0.2, 0) is 0 Å². The molecule has 2 nitrogen and oxygen atoms in total. The topological polar surface area (TPSA) is 25.8 Å². The minimum absolute atomic E-state index is 0.871. The fourth-order valence-corrected chi connectivity index (χ4v) is 9.41. The molecular formula is C52H32N2S. The van der Waals surface area contributed by atoms with E-state index in [2.05, 4.69) is 188 Å². The molecule has 2 aromatic heterocycles. The third-order valence-electron chi connectivity index (χ3n) is 10.9. The van der Waals surface area contributed by atoms with Crippen LogP contribution in [0.15, 0.2) is 194 Å². The summed E-state index contributed by atoms with van der Waals surface area (Å²) in [6.45, 7) is 0. The molecule has 0 radical (unpaired) electrons. The van der Waals surface area contributed by atoms with E-state index in [1.807, 2.05) is 17.5 Å². The van der Waals surface area contributed by atoms with Crippen molar-refractivity contribution in [2.24, 2.45) is 0 Å². The molecule has 11 aromatic rings. The van der Waals surface area contributed by atoms with Gasteiger partial charge in [0.1, 0.15) is 0 Å². The van der Waals surface area contributed by atoms with Gasteiger partial charge in [0.25, 0.3) is 0 Å². The van der Waals surface area contributed by atoms with Crippen molar-refractivity contribution in [2.45, 2.75) is 0 Å². The molecule has 0 spiro atoms. The zero-order chi connectivity index (χ0) is 36.3. The molecule has 256 valence electrons. The highest BCUT2D eigenvalue weighted by atomic mass is 32.1. The van der Waals surface area contributed by atoms with E-state index >= 15 is 0 Å². The lowest BCUT2D eigenvalue weighted by Gasteiger charge is -2.11. The molecule has 0 saturated carbocycles. The fourth-order valence-electron chi connectivity index (χ4n) is 8.17. The van der Waals surface area contributed by atoms with Crippen LogP contribution in [0.25, 0.3) is 109 Å². The van der Waals surface area contributed by atoms with Crippen LogP contribution in [-0.4, -0.2) is 9.97 Å². The van der Waals surface area contributed by atoms with Crippen LogP contribution in [0.4, 0.5) is 0 Å². The zero-order valence-corrected chi connectivity index (χ0v) is 30.6. The Balaban J connectivity index is 0.873. The highest BCUT2D eigenvalue weighted by Gasteiger charge is 2.14. The van der Waals surface area contributed by atoms with E-state index in [9.17, 15) is 0 Å². The molecular weight excluding hydrogens is 685 g/mol. The van der Waals surface area contributed by atoms with Crippen molar-refractivity contribution in [3.05, 3.63) is 194 Å². The Kier molecular flexibility index (Phi) is 7.39. The summed E-state index contributed by atoms with van der Waals surface area (Å²) in [4.78, 5) is 10.1. The Morgan fingerprint density at radius 1 is 0.327 bits per heavy atom. The molecule has 0 N–H and O–H groups in total. The fraction of sp³-hybridized carbons (Fsp3) is 0. The second-order valence-corrected chi connectivity index (χ2v) is 15.2.